The predicted octanol–water partition coefficient (Wildman–Crippen LogP) is 3.28. The highest BCUT2D eigenvalue weighted by Gasteiger charge is 2.56. The van der Waals surface area contributed by atoms with Crippen LogP contribution in [0, 0.1) is 5.41 Å². The van der Waals surface area contributed by atoms with E-state index in [-0.39, 0.29) is 35.5 Å². The lowest BCUT2D eigenvalue weighted by Gasteiger charge is -2.45. The van der Waals surface area contributed by atoms with Crippen LogP contribution in [0.5, 0.6) is 0 Å². The lowest BCUT2D eigenvalue weighted by atomic mass is 9.78. The van der Waals surface area contributed by atoms with Crippen LogP contribution in [0.15, 0.2) is 0 Å². The Kier molecular flexibility index (Phi) is 8.67. The Labute approximate surface area is 180 Å². The van der Waals surface area contributed by atoms with Crippen LogP contribution in [0.25, 0.3) is 0 Å². The van der Waals surface area contributed by atoms with Crippen LogP contribution in [-0.4, -0.2) is 58.4 Å². The fourth-order valence-electron chi connectivity index (χ4n) is 4.56. The van der Waals surface area contributed by atoms with Crippen LogP contribution in [0.4, 0.5) is 0 Å². The SMILES string of the molecule is CCCCCCC(C)(C)C1(P)NC2C(C(=O)NC1=O)N(C(C)C)CN2CCCC. The van der Waals surface area contributed by atoms with Gasteiger partial charge < -0.3 is 0 Å². The van der Waals surface area contributed by atoms with Crippen molar-refractivity contribution in [2.24, 2.45) is 5.41 Å². The van der Waals surface area contributed by atoms with Crippen molar-refractivity contribution >= 4 is 21.1 Å². The van der Waals surface area contributed by atoms with E-state index in [0.717, 1.165) is 38.9 Å². The largest absolute Gasteiger partial charge is 0.293 e. The highest BCUT2D eigenvalue weighted by molar-refractivity contribution is 7.21. The molecule has 6 nitrogen and oxygen atoms in total. The number of carbonyl (C=O) groups is 2. The van der Waals surface area contributed by atoms with Crippen molar-refractivity contribution in [3.05, 3.63) is 0 Å². The van der Waals surface area contributed by atoms with Crippen LogP contribution < -0.4 is 10.6 Å². The third-order valence-electron chi connectivity index (χ3n) is 6.82. The van der Waals surface area contributed by atoms with Gasteiger partial charge in [-0.3, -0.25) is 30.0 Å². The molecule has 4 atom stereocenters. The Bertz CT molecular complexity index is 583. The second kappa shape index (κ2) is 10.2. The van der Waals surface area contributed by atoms with E-state index in [2.05, 4.69) is 71.2 Å². The highest BCUT2D eigenvalue weighted by atomic mass is 31.0. The summed E-state index contributed by atoms with van der Waals surface area (Å²) in [4.78, 5) is 30.9. The molecule has 29 heavy (non-hydrogen) atoms. The first-order valence-corrected chi connectivity index (χ1v) is 12.1. The van der Waals surface area contributed by atoms with Gasteiger partial charge in [-0.1, -0.05) is 59.8 Å². The predicted molar refractivity (Wildman–Crippen MR) is 122 cm³/mol. The van der Waals surface area contributed by atoms with Gasteiger partial charge in [0.15, 0.2) is 0 Å². The Hall–Kier alpha value is -0.550. The molecule has 7 heteroatoms. The number of fused-ring (bicyclic) bond motifs is 1. The molecule has 4 unspecified atom stereocenters. The van der Waals surface area contributed by atoms with Crippen LogP contribution in [0.1, 0.15) is 86.5 Å². The number of nitrogens with zero attached hydrogens (tertiary/aromatic N) is 2. The number of hydrogen-bond donors (Lipinski definition) is 2. The van der Waals surface area contributed by atoms with Gasteiger partial charge in [-0.2, -0.15) is 0 Å². The fraction of sp³-hybridized carbons (Fsp3) is 0.909. The van der Waals surface area contributed by atoms with E-state index >= 15 is 0 Å². The molecule has 2 aliphatic heterocycles. The quantitative estimate of drug-likeness (QED) is 0.319. The number of amides is 2. The van der Waals surface area contributed by atoms with E-state index in [4.69, 9.17) is 0 Å². The molecule has 0 aliphatic carbocycles. The summed E-state index contributed by atoms with van der Waals surface area (Å²) in [5.41, 5.74) is -0.299. The second-order valence-electron chi connectivity index (χ2n) is 9.77. The minimum Gasteiger partial charge on any atom is -0.293 e. The van der Waals surface area contributed by atoms with Crippen molar-refractivity contribution in [3.63, 3.8) is 0 Å². The molecule has 168 valence electrons. The van der Waals surface area contributed by atoms with E-state index in [0.29, 0.717) is 0 Å². The molecule has 2 aliphatic rings. The molecule has 0 aromatic rings. The van der Waals surface area contributed by atoms with Crippen LogP contribution in [-0.2, 0) is 9.59 Å². The van der Waals surface area contributed by atoms with Gasteiger partial charge in [0.05, 0.1) is 12.8 Å². The van der Waals surface area contributed by atoms with Gasteiger partial charge in [0.2, 0.25) is 5.91 Å². The maximum atomic E-state index is 13.3. The molecule has 0 spiro atoms. The normalized spacial score (nSPS) is 29.2. The van der Waals surface area contributed by atoms with E-state index in [1.807, 2.05) is 0 Å². The van der Waals surface area contributed by atoms with E-state index in [1.165, 1.54) is 19.3 Å². The molecule has 0 saturated carbocycles. The molecule has 0 aromatic carbocycles. The second-order valence-corrected chi connectivity index (χ2v) is 10.6. The maximum Gasteiger partial charge on any atom is 0.251 e. The van der Waals surface area contributed by atoms with Crippen molar-refractivity contribution in [1.82, 2.24) is 20.4 Å². The van der Waals surface area contributed by atoms with Crippen molar-refractivity contribution in [1.29, 1.82) is 0 Å². The van der Waals surface area contributed by atoms with Gasteiger partial charge in [-0.25, -0.2) is 0 Å². The lowest BCUT2D eigenvalue weighted by Crippen LogP contribution is -2.64. The summed E-state index contributed by atoms with van der Waals surface area (Å²) in [5, 5.41) is 5.53. The highest BCUT2D eigenvalue weighted by Crippen LogP contribution is 2.43. The summed E-state index contributed by atoms with van der Waals surface area (Å²) in [6, 6.07) is -0.120. The molecule has 2 rings (SSSR count). The summed E-state index contributed by atoms with van der Waals surface area (Å²) in [6.45, 7) is 14.6. The summed E-state index contributed by atoms with van der Waals surface area (Å²) >= 11 is 0. The number of imide groups is 1. The number of hydrogen-bond acceptors (Lipinski definition) is 5. The molecule has 2 amide bonds. The Morgan fingerprint density at radius 1 is 1.14 bits per heavy atom. The zero-order valence-electron chi connectivity index (χ0n) is 19.4. The summed E-state index contributed by atoms with van der Waals surface area (Å²) in [7, 11) is 2.80. The lowest BCUT2D eigenvalue weighted by molar-refractivity contribution is -0.134. The van der Waals surface area contributed by atoms with Gasteiger partial charge in [-0.05, 0) is 32.1 Å². The number of rotatable bonds is 10. The molecule has 0 bridgehead atoms. The Morgan fingerprint density at radius 3 is 2.38 bits per heavy atom. The first-order valence-electron chi connectivity index (χ1n) is 11.5. The molecule has 2 saturated heterocycles. The zero-order valence-corrected chi connectivity index (χ0v) is 20.5. The Morgan fingerprint density at radius 2 is 1.79 bits per heavy atom. The topological polar surface area (TPSA) is 64.7 Å². The number of nitrogens with one attached hydrogen (secondary N) is 2. The van der Waals surface area contributed by atoms with Crippen molar-refractivity contribution in [3.8, 4) is 0 Å². The van der Waals surface area contributed by atoms with Gasteiger partial charge >= 0.3 is 0 Å². The van der Waals surface area contributed by atoms with Gasteiger partial charge in [0.25, 0.3) is 5.91 Å². The molecule has 2 heterocycles. The number of unbranched alkanes of at least 4 members (excludes halogenated alkanes) is 4. The van der Waals surface area contributed by atoms with Crippen molar-refractivity contribution < 1.29 is 9.59 Å². The van der Waals surface area contributed by atoms with Gasteiger partial charge in [0.1, 0.15) is 11.3 Å². The van der Waals surface area contributed by atoms with Crippen LogP contribution >= 0.6 is 9.24 Å². The van der Waals surface area contributed by atoms with E-state index in [9.17, 15) is 9.59 Å². The molecule has 0 aromatic heterocycles. The van der Waals surface area contributed by atoms with Crippen molar-refractivity contribution in [2.45, 2.75) is 110 Å². The number of carbonyl (C=O) groups excluding carboxylic acids is 2. The summed E-state index contributed by atoms with van der Waals surface area (Å²) in [6.07, 6.45) is 7.64. The van der Waals surface area contributed by atoms with Crippen LogP contribution in [0.3, 0.4) is 0 Å². The first-order chi connectivity index (χ1) is 13.6. The fourth-order valence-corrected chi connectivity index (χ4v) is 4.95. The molecular weight excluding hydrogens is 383 g/mol. The van der Waals surface area contributed by atoms with Gasteiger partial charge in [-0.15, -0.1) is 9.24 Å². The third-order valence-corrected chi connectivity index (χ3v) is 8.03. The third kappa shape index (κ3) is 5.20. The Balaban J connectivity index is 2.32. The summed E-state index contributed by atoms with van der Waals surface area (Å²) in [5.74, 6) is -0.396. The molecule has 2 fully saturated rings. The molecule has 0 radical (unpaired) electrons. The molecule has 2 N–H and O–H groups in total. The monoisotopic (exact) mass is 426 g/mol. The minimum absolute atomic E-state index is 0.164. The smallest absolute Gasteiger partial charge is 0.251 e. The van der Waals surface area contributed by atoms with E-state index < -0.39 is 5.28 Å². The average Bonchev–Trinajstić information content (AvgIpc) is 2.96. The zero-order chi connectivity index (χ0) is 21.8. The first kappa shape index (κ1) is 24.7. The standard InChI is InChI=1S/C22H43N4O2P/c1-7-9-11-12-13-21(5,6)22(29)20(28)23-19(27)17-18(24-22)25(14-10-8-2)15-26(17)16(3)4/h16-18,24H,7-15,29H2,1-6H3,(H,23,27,28). The van der Waals surface area contributed by atoms with Gasteiger partial charge in [0, 0.05) is 12.6 Å². The maximum absolute atomic E-state index is 13.3. The van der Waals surface area contributed by atoms with E-state index in [1.54, 1.807) is 0 Å². The van der Waals surface area contributed by atoms with Crippen LogP contribution in [0.2, 0.25) is 0 Å². The van der Waals surface area contributed by atoms with Crippen molar-refractivity contribution in [2.75, 3.05) is 13.2 Å². The minimum atomic E-state index is -0.883. The summed E-state index contributed by atoms with van der Waals surface area (Å²) < 4.78 is 0. The average molecular weight is 427 g/mol. The molecular formula is C22H43N4O2P.